The van der Waals surface area contributed by atoms with Crippen LogP contribution in [0.2, 0.25) is 0 Å². The molecule has 0 saturated heterocycles. The highest BCUT2D eigenvalue weighted by atomic mass is 19.2. The van der Waals surface area contributed by atoms with Crippen LogP contribution in [-0.4, -0.2) is 14.4 Å². The van der Waals surface area contributed by atoms with Gasteiger partial charge in [0.2, 0.25) is 5.82 Å². The zero-order valence-corrected chi connectivity index (χ0v) is 23.1. The minimum absolute atomic E-state index is 0.0935. The van der Waals surface area contributed by atoms with E-state index in [1.807, 2.05) is 24.3 Å². The molecule has 3 aromatic rings. The molecule has 0 aliphatic heterocycles. The van der Waals surface area contributed by atoms with Gasteiger partial charge in [-0.15, -0.1) is 0 Å². The smallest absolute Gasteiger partial charge is 0.201 e. The average molecular weight is 530 g/mol. The van der Waals surface area contributed by atoms with Crippen molar-refractivity contribution in [2.75, 3.05) is 6.51 Å². The van der Waals surface area contributed by atoms with Gasteiger partial charge in [-0.3, -0.25) is 0 Å². The predicted octanol–water partition coefficient (Wildman–Crippen LogP) is 9.20. The van der Waals surface area contributed by atoms with Crippen LogP contribution in [0, 0.1) is 35.2 Å². The van der Waals surface area contributed by atoms with Crippen LogP contribution < -0.4 is 4.74 Å². The molecule has 0 amide bonds. The maximum atomic E-state index is 15.3. The fourth-order valence-corrected chi connectivity index (χ4v) is 6.70. The van der Waals surface area contributed by atoms with Crippen molar-refractivity contribution in [3.63, 3.8) is 0 Å². The predicted molar refractivity (Wildman–Crippen MR) is 157 cm³/mol. The number of allylic oxidation sites excluding steroid dienone is 2. The summed E-state index contributed by atoms with van der Waals surface area (Å²) >= 11 is 0. The van der Waals surface area contributed by atoms with Gasteiger partial charge in [0, 0.05) is 11.1 Å². The van der Waals surface area contributed by atoms with Crippen molar-refractivity contribution < 1.29 is 17.9 Å². The van der Waals surface area contributed by atoms with E-state index in [-0.39, 0.29) is 23.6 Å². The largest absolute Gasteiger partial charge is 0.500 e. The highest BCUT2D eigenvalue weighted by Crippen LogP contribution is 2.42. The van der Waals surface area contributed by atoms with Gasteiger partial charge >= 0.3 is 0 Å². The second-order valence-electron chi connectivity index (χ2n) is 11.3. The Bertz CT molecular complexity index is 1310. The SMILES string of the molecule is BCOc1ccc(-c2ccc(-c3ccc(C4=CCC(C5CCC(CCC)CC5)CC4)c(F)c3)cc2)c(F)c1F. The molecule has 1 nitrogen and oxygen atoms in total. The summed E-state index contributed by atoms with van der Waals surface area (Å²) in [7, 11) is 1.72. The lowest BCUT2D eigenvalue weighted by molar-refractivity contribution is 0.189. The summed E-state index contributed by atoms with van der Waals surface area (Å²) in [5.74, 6) is 0.283. The fraction of sp³-hybridized carbons (Fsp3) is 0.412. The lowest BCUT2D eigenvalue weighted by Gasteiger charge is -2.35. The number of ether oxygens (including phenoxy) is 1. The minimum atomic E-state index is -0.987. The first-order valence-electron chi connectivity index (χ1n) is 14.7. The molecule has 1 unspecified atom stereocenters. The molecule has 3 aromatic carbocycles. The van der Waals surface area contributed by atoms with E-state index in [0.29, 0.717) is 11.1 Å². The average Bonchev–Trinajstić information content (AvgIpc) is 2.97. The van der Waals surface area contributed by atoms with Crippen LogP contribution in [0.5, 0.6) is 5.75 Å². The minimum Gasteiger partial charge on any atom is -0.500 e. The molecule has 204 valence electrons. The molecule has 0 heterocycles. The van der Waals surface area contributed by atoms with Gasteiger partial charge in [-0.25, -0.2) is 8.78 Å². The van der Waals surface area contributed by atoms with Gasteiger partial charge in [0.25, 0.3) is 0 Å². The Kier molecular flexibility index (Phi) is 8.84. The van der Waals surface area contributed by atoms with E-state index >= 15 is 4.39 Å². The molecular formula is C34H38BF3O. The van der Waals surface area contributed by atoms with Crippen molar-refractivity contribution in [2.45, 2.75) is 64.7 Å². The Morgan fingerprint density at radius 1 is 0.769 bits per heavy atom. The zero-order chi connectivity index (χ0) is 27.4. The number of halogens is 3. The summed E-state index contributed by atoms with van der Waals surface area (Å²) < 4.78 is 49.4. The molecule has 39 heavy (non-hydrogen) atoms. The normalized spacial score (nSPS) is 21.4. The number of hydrogen-bond donors (Lipinski definition) is 0. The van der Waals surface area contributed by atoms with E-state index in [1.54, 1.807) is 26.0 Å². The van der Waals surface area contributed by atoms with E-state index in [1.165, 1.54) is 50.7 Å². The van der Waals surface area contributed by atoms with Crippen molar-refractivity contribution in [1.29, 1.82) is 0 Å². The monoisotopic (exact) mass is 530 g/mol. The maximum Gasteiger partial charge on any atom is 0.201 e. The molecule has 1 saturated carbocycles. The van der Waals surface area contributed by atoms with Crippen LogP contribution in [0.4, 0.5) is 13.2 Å². The molecule has 0 N–H and O–H groups in total. The van der Waals surface area contributed by atoms with Gasteiger partial charge in [-0.2, -0.15) is 4.39 Å². The van der Waals surface area contributed by atoms with Crippen molar-refractivity contribution in [2.24, 2.45) is 17.8 Å². The van der Waals surface area contributed by atoms with Gasteiger partial charge < -0.3 is 4.74 Å². The highest BCUT2D eigenvalue weighted by molar-refractivity contribution is 6.08. The standard InChI is InChI=1S/C34H38BF3O/c1-2-3-22-4-6-23(7-5-22)24-8-12-26(13-9-24)29-17-16-28(20-31(29)36)25-10-14-27(15-11-25)30-18-19-32(39-21-35)34(38)33(30)37/h10-12,14-20,22-24H,2-9,13,21,35H2,1H3. The zero-order valence-electron chi connectivity index (χ0n) is 23.1. The van der Waals surface area contributed by atoms with Crippen LogP contribution in [0.3, 0.4) is 0 Å². The van der Waals surface area contributed by atoms with Gasteiger partial charge in [0.05, 0.1) is 6.51 Å². The number of hydrogen-bond acceptors (Lipinski definition) is 1. The fourth-order valence-electron chi connectivity index (χ4n) is 6.70. The lowest BCUT2D eigenvalue weighted by atomic mass is 9.70. The van der Waals surface area contributed by atoms with Gasteiger partial charge in [-0.1, -0.05) is 75.1 Å². The second-order valence-corrected chi connectivity index (χ2v) is 11.3. The van der Waals surface area contributed by atoms with E-state index < -0.39 is 11.6 Å². The van der Waals surface area contributed by atoms with Crippen molar-refractivity contribution in [3.8, 4) is 28.0 Å². The molecular weight excluding hydrogens is 492 g/mol. The maximum absolute atomic E-state index is 15.3. The summed E-state index contributed by atoms with van der Waals surface area (Å²) in [6.07, 6.45) is 13.6. The molecule has 5 heteroatoms. The van der Waals surface area contributed by atoms with Gasteiger partial charge in [-0.05, 0) is 90.3 Å². The van der Waals surface area contributed by atoms with Crippen molar-refractivity contribution in [1.82, 2.24) is 0 Å². The molecule has 5 rings (SSSR count). The van der Waals surface area contributed by atoms with Crippen molar-refractivity contribution in [3.05, 3.63) is 83.7 Å². The van der Waals surface area contributed by atoms with E-state index in [2.05, 4.69) is 13.0 Å². The molecule has 1 atom stereocenters. The molecule has 2 aliphatic rings. The van der Waals surface area contributed by atoms with E-state index in [0.717, 1.165) is 53.7 Å². The molecule has 0 radical (unpaired) electrons. The van der Waals surface area contributed by atoms with Crippen LogP contribution in [0.1, 0.15) is 70.3 Å². The molecule has 0 spiro atoms. The first-order valence-corrected chi connectivity index (χ1v) is 14.7. The summed E-state index contributed by atoms with van der Waals surface area (Å²) in [4.78, 5) is 0. The topological polar surface area (TPSA) is 9.23 Å². The first kappa shape index (κ1) is 27.6. The van der Waals surface area contributed by atoms with E-state index in [9.17, 15) is 8.78 Å². The van der Waals surface area contributed by atoms with Gasteiger partial charge in [0.1, 0.15) is 5.82 Å². The van der Waals surface area contributed by atoms with Gasteiger partial charge in [0.15, 0.2) is 19.4 Å². The summed E-state index contributed by atoms with van der Waals surface area (Å²) in [5.41, 5.74) is 4.13. The Morgan fingerprint density at radius 3 is 2.10 bits per heavy atom. The Balaban J connectivity index is 1.25. The third kappa shape index (κ3) is 6.13. The third-order valence-electron chi connectivity index (χ3n) is 8.90. The Hall–Kier alpha value is -2.95. The van der Waals surface area contributed by atoms with Crippen LogP contribution in [-0.2, 0) is 0 Å². The number of benzene rings is 3. The quantitative estimate of drug-likeness (QED) is 0.264. The molecule has 0 bridgehead atoms. The third-order valence-corrected chi connectivity index (χ3v) is 8.90. The van der Waals surface area contributed by atoms with Crippen LogP contribution >= 0.6 is 0 Å². The molecule has 1 fully saturated rings. The Labute approximate surface area is 231 Å². The summed E-state index contributed by atoms with van der Waals surface area (Å²) in [6, 6.07) is 15.5. The summed E-state index contributed by atoms with van der Waals surface area (Å²) in [6.45, 7) is 2.55. The molecule has 2 aliphatic carbocycles. The number of rotatable bonds is 8. The first-order chi connectivity index (χ1) is 19.0. The van der Waals surface area contributed by atoms with Crippen LogP contribution in [0.25, 0.3) is 27.8 Å². The van der Waals surface area contributed by atoms with E-state index in [4.69, 9.17) is 4.74 Å². The second kappa shape index (κ2) is 12.5. The van der Waals surface area contributed by atoms with Crippen molar-refractivity contribution >= 4 is 13.4 Å². The van der Waals surface area contributed by atoms with Crippen LogP contribution in [0.15, 0.2) is 60.7 Å². The lowest BCUT2D eigenvalue weighted by Crippen LogP contribution is -2.23. The molecule has 0 aromatic heterocycles. The summed E-state index contributed by atoms with van der Waals surface area (Å²) in [5, 5.41) is 0. The Morgan fingerprint density at radius 2 is 1.46 bits per heavy atom. The highest BCUT2D eigenvalue weighted by Gasteiger charge is 2.29.